The highest BCUT2D eigenvalue weighted by Crippen LogP contribution is 2.19. The predicted octanol–water partition coefficient (Wildman–Crippen LogP) is 1.40. The molecule has 2 aromatic heterocycles. The molecule has 5 nitrogen and oxygen atoms in total. The van der Waals surface area contributed by atoms with E-state index in [1.165, 1.54) is 6.33 Å². The average molecular weight is 211 g/mol. The summed E-state index contributed by atoms with van der Waals surface area (Å²) >= 11 is 0. The molecule has 0 saturated heterocycles. The molecule has 1 aromatic carbocycles. The maximum absolute atomic E-state index is 5.71. The summed E-state index contributed by atoms with van der Waals surface area (Å²) in [5.41, 5.74) is 7.22. The second-order valence-corrected chi connectivity index (χ2v) is 3.42. The number of anilines is 1. The molecule has 0 bridgehead atoms. The molecule has 3 aromatic rings. The Hall–Kier alpha value is -2.43. The van der Waals surface area contributed by atoms with Gasteiger partial charge in [-0.25, -0.2) is 14.6 Å². The van der Waals surface area contributed by atoms with Crippen LogP contribution < -0.4 is 5.73 Å². The summed E-state index contributed by atoms with van der Waals surface area (Å²) in [6, 6.07) is 7.41. The van der Waals surface area contributed by atoms with Crippen LogP contribution in [0.15, 0.2) is 43.0 Å². The highest BCUT2D eigenvalue weighted by molar-refractivity contribution is 5.87. The van der Waals surface area contributed by atoms with Crippen molar-refractivity contribution in [3.05, 3.63) is 43.0 Å². The minimum absolute atomic E-state index is 0.692. The van der Waals surface area contributed by atoms with Gasteiger partial charge in [0.25, 0.3) is 0 Å². The van der Waals surface area contributed by atoms with Crippen molar-refractivity contribution in [1.82, 2.24) is 19.7 Å². The zero-order valence-corrected chi connectivity index (χ0v) is 8.41. The molecule has 0 amide bonds. The maximum atomic E-state index is 5.71. The summed E-state index contributed by atoms with van der Waals surface area (Å²) in [4.78, 5) is 8.41. The number of rotatable bonds is 1. The Morgan fingerprint density at radius 1 is 1.19 bits per heavy atom. The molecule has 16 heavy (non-hydrogen) atoms. The van der Waals surface area contributed by atoms with E-state index >= 15 is 0 Å². The zero-order valence-electron chi connectivity index (χ0n) is 8.41. The van der Waals surface area contributed by atoms with E-state index in [4.69, 9.17) is 5.73 Å². The SMILES string of the molecule is Nc1ccc2c(-n3cccn3)ncnc2c1. The Morgan fingerprint density at radius 3 is 2.94 bits per heavy atom. The smallest absolute Gasteiger partial charge is 0.164 e. The zero-order chi connectivity index (χ0) is 11.0. The third-order valence-corrected chi connectivity index (χ3v) is 2.36. The number of nitrogen functional groups attached to an aromatic ring is 1. The van der Waals surface area contributed by atoms with Crippen LogP contribution in [-0.4, -0.2) is 19.7 Å². The van der Waals surface area contributed by atoms with E-state index < -0.39 is 0 Å². The van der Waals surface area contributed by atoms with Crippen molar-refractivity contribution >= 4 is 16.6 Å². The fourth-order valence-corrected chi connectivity index (χ4v) is 1.64. The minimum Gasteiger partial charge on any atom is -0.399 e. The fourth-order valence-electron chi connectivity index (χ4n) is 1.64. The minimum atomic E-state index is 0.692. The molecule has 0 spiro atoms. The number of hydrogen-bond donors (Lipinski definition) is 1. The summed E-state index contributed by atoms with van der Waals surface area (Å²) in [6.07, 6.45) is 5.07. The average Bonchev–Trinajstić information content (AvgIpc) is 2.81. The largest absolute Gasteiger partial charge is 0.399 e. The van der Waals surface area contributed by atoms with Gasteiger partial charge >= 0.3 is 0 Å². The van der Waals surface area contributed by atoms with Crippen molar-refractivity contribution in [1.29, 1.82) is 0 Å². The third-order valence-electron chi connectivity index (χ3n) is 2.36. The maximum Gasteiger partial charge on any atom is 0.164 e. The first-order valence-electron chi connectivity index (χ1n) is 4.85. The van der Waals surface area contributed by atoms with Gasteiger partial charge in [0.2, 0.25) is 0 Å². The lowest BCUT2D eigenvalue weighted by Gasteiger charge is -2.04. The molecule has 78 valence electrons. The summed E-state index contributed by atoms with van der Waals surface area (Å²) in [7, 11) is 0. The normalized spacial score (nSPS) is 10.8. The second kappa shape index (κ2) is 3.30. The summed E-state index contributed by atoms with van der Waals surface area (Å²) < 4.78 is 1.71. The van der Waals surface area contributed by atoms with Crippen molar-refractivity contribution in [3.63, 3.8) is 0 Å². The Labute approximate surface area is 91.6 Å². The summed E-state index contributed by atoms with van der Waals surface area (Å²) in [5, 5.41) is 5.09. The molecule has 0 radical (unpaired) electrons. The van der Waals surface area contributed by atoms with Gasteiger partial charge in [0, 0.05) is 23.5 Å². The molecular weight excluding hydrogens is 202 g/mol. The number of aromatic nitrogens is 4. The monoisotopic (exact) mass is 211 g/mol. The van der Waals surface area contributed by atoms with Gasteiger partial charge < -0.3 is 5.73 Å². The van der Waals surface area contributed by atoms with E-state index in [9.17, 15) is 0 Å². The lowest BCUT2D eigenvalue weighted by molar-refractivity contribution is 0.851. The van der Waals surface area contributed by atoms with Gasteiger partial charge in [-0.05, 0) is 24.3 Å². The molecule has 0 unspecified atom stereocenters. The van der Waals surface area contributed by atoms with Gasteiger partial charge in [-0.3, -0.25) is 0 Å². The molecule has 2 N–H and O–H groups in total. The molecule has 0 aliphatic heterocycles. The lowest BCUT2D eigenvalue weighted by atomic mass is 10.2. The molecule has 0 aliphatic carbocycles. The number of nitrogens with zero attached hydrogens (tertiary/aromatic N) is 4. The second-order valence-electron chi connectivity index (χ2n) is 3.42. The van der Waals surface area contributed by atoms with Crippen molar-refractivity contribution < 1.29 is 0 Å². The van der Waals surface area contributed by atoms with Gasteiger partial charge in [0.05, 0.1) is 5.52 Å². The Kier molecular flexibility index (Phi) is 1.83. The molecule has 0 aliphatic rings. The quantitative estimate of drug-likeness (QED) is 0.617. The van der Waals surface area contributed by atoms with E-state index in [0.717, 1.165) is 16.7 Å². The van der Waals surface area contributed by atoms with Gasteiger partial charge in [0.15, 0.2) is 5.82 Å². The highest BCUT2D eigenvalue weighted by atomic mass is 15.3. The fraction of sp³-hybridized carbons (Fsp3) is 0. The van der Waals surface area contributed by atoms with Gasteiger partial charge in [0.1, 0.15) is 6.33 Å². The van der Waals surface area contributed by atoms with Crippen LogP contribution in [0.1, 0.15) is 0 Å². The first-order valence-corrected chi connectivity index (χ1v) is 4.85. The van der Waals surface area contributed by atoms with Crippen LogP contribution in [0.3, 0.4) is 0 Å². The van der Waals surface area contributed by atoms with Crippen LogP contribution in [0, 0.1) is 0 Å². The van der Waals surface area contributed by atoms with E-state index in [2.05, 4.69) is 15.1 Å². The molecular formula is C11H9N5. The van der Waals surface area contributed by atoms with Crippen LogP contribution >= 0.6 is 0 Å². The third kappa shape index (κ3) is 1.30. The Morgan fingerprint density at radius 2 is 2.12 bits per heavy atom. The predicted molar refractivity (Wildman–Crippen MR) is 61.1 cm³/mol. The summed E-state index contributed by atoms with van der Waals surface area (Å²) in [6.45, 7) is 0. The van der Waals surface area contributed by atoms with E-state index in [1.807, 2.05) is 30.5 Å². The van der Waals surface area contributed by atoms with Gasteiger partial charge in [-0.15, -0.1) is 0 Å². The number of fused-ring (bicyclic) bond motifs is 1. The first kappa shape index (κ1) is 8.84. The molecule has 0 fully saturated rings. The van der Waals surface area contributed by atoms with E-state index in [0.29, 0.717) is 5.69 Å². The number of hydrogen-bond acceptors (Lipinski definition) is 4. The lowest BCUT2D eigenvalue weighted by Crippen LogP contribution is -2.00. The van der Waals surface area contributed by atoms with Crippen molar-refractivity contribution in [2.24, 2.45) is 0 Å². The molecule has 0 saturated carbocycles. The van der Waals surface area contributed by atoms with Crippen molar-refractivity contribution in [3.8, 4) is 5.82 Å². The van der Waals surface area contributed by atoms with Crippen molar-refractivity contribution in [2.45, 2.75) is 0 Å². The van der Waals surface area contributed by atoms with Crippen LogP contribution in [0.2, 0.25) is 0 Å². The van der Waals surface area contributed by atoms with Crippen LogP contribution in [0.25, 0.3) is 16.7 Å². The Balaban J connectivity index is 2.34. The summed E-state index contributed by atoms with van der Waals surface area (Å²) in [5.74, 6) is 0.759. The number of benzene rings is 1. The first-order chi connectivity index (χ1) is 7.84. The molecule has 2 heterocycles. The standard InChI is InChI=1S/C11H9N5/c12-8-2-3-9-10(6-8)13-7-14-11(9)16-5-1-4-15-16/h1-7H,12H2. The van der Waals surface area contributed by atoms with Crippen LogP contribution in [-0.2, 0) is 0 Å². The highest BCUT2D eigenvalue weighted by Gasteiger charge is 2.05. The molecule has 5 heteroatoms. The van der Waals surface area contributed by atoms with E-state index in [1.54, 1.807) is 10.9 Å². The Bertz CT molecular complexity index is 630. The number of nitrogens with two attached hydrogens (primary N) is 1. The molecule has 3 rings (SSSR count). The van der Waals surface area contributed by atoms with Gasteiger partial charge in [-0.1, -0.05) is 0 Å². The van der Waals surface area contributed by atoms with E-state index in [-0.39, 0.29) is 0 Å². The van der Waals surface area contributed by atoms with Crippen LogP contribution in [0.4, 0.5) is 5.69 Å². The van der Waals surface area contributed by atoms with Gasteiger partial charge in [-0.2, -0.15) is 5.10 Å². The molecule has 0 atom stereocenters. The van der Waals surface area contributed by atoms with Crippen LogP contribution in [0.5, 0.6) is 0 Å². The topological polar surface area (TPSA) is 69.6 Å². The van der Waals surface area contributed by atoms with Crippen molar-refractivity contribution in [2.75, 3.05) is 5.73 Å².